The second-order valence-electron chi connectivity index (χ2n) is 15.5. The number of benzene rings is 8. The van der Waals surface area contributed by atoms with Crippen molar-refractivity contribution in [3.05, 3.63) is 235 Å². The average molecular weight is 782 g/mol. The Kier molecular flexibility index (Phi) is 8.00. The van der Waals surface area contributed by atoms with Gasteiger partial charge in [0.25, 0.3) is 0 Å². The van der Waals surface area contributed by atoms with Gasteiger partial charge in [0.1, 0.15) is 0 Å². The summed E-state index contributed by atoms with van der Waals surface area (Å²) in [5.41, 5.74) is 17.7. The van der Waals surface area contributed by atoms with Gasteiger partial charge in [-0.25, -0.2) is 9.97 Å². The van der Waals surface area contributed by atoms with Crippen molar-refractivity contribution in [1.82, 2.24) is 15.0 Å². The first-order valence-electron chi connectivity index (χ1n) is 20.3. The largest absolute Gasteiger partial charge is 0.256 e. The molecule has 10 aromatic rings. The summed E-state index contributed by atoms with van der Waals surface area (Å²) in [6.45, 7) is 0. The molecule has 60 heavy (non-hydrogen) atoms. The summed E-state index contributed by atoms with van der Waals surface area (Å²) in [7, 11) is 0. The SMILES string of the molecule is c1ccc(-c2cc(-c3cccc(-c4ccc5c(c4)C4(c6ccccc6Sc6ccccc64)c4cc(-c6cccc7cccnc67)ccc4-5)c3)nc(-c3ccccc3)n2)cc1. The fraction of sp³-hybridized carbons (Fsp3) is 0.0179. The summed E-state index contributed by atoms with van der Waals surface area (Å²) in [5, 5.41) is 1.14. The van der Waals surface area contributed by atoms with E-state index in [2.05, 4.69) is 176 Å². The Morgan fingerprint density at radius 2 is 0.900 bits per heavy atom. The van der Waals surface area contributed by atoms with E-state index in [4.69, 9.17) is 15.0 Å². The summed E-state index contributed by atoms with van der Waals surface area (Å²) < 4.78 is 0. The molecule has 0 amide bonds. The van der Waals surface area contributed by atoms with Crippen molar-refractivity contribution in [3.8, 4) is 67.3 Å². The maximum absolute atomic E-state index is 5.17. The molecule has 0 N–H and O–H groups in total. The third-order valence-corrected chi connectivity index (χ3v) is 13.4. The summed E-state index contributed by atoms with van der Waals surface area (Å²) >= 11 is 1.87. The molecule has 0 atom stereocenters. The lowest BCUT2D eigenvalue weighted by Crippen LogP contribution is -2.32. The van der Waals surface area contributed by atoms with Crippen molar-refractivity contribution in [2.24, 2.45) is 0 Å². The molecule has 8 aromatic carbocycles. The van der Waals surface area contributed by atoms with Crippen LogP contribution < -0.4 is 0 Å². The maximum atomic E-state index is 5.17. The number of rotatable bonds is 5. The molecule has 1 aliphatic carbocycles. The number of hydrogen-bond donors (Lipinski definition) is 0. The Labute approximate surface area is 353 Å². The minimum Gasteiger partial charge on any atom is -0.256 e. The van der Waals surface area contributed by atoms with Crippen LogP contribution in [-0.2, 0) is 5.41 Å². The highest BCUT2D eigenvalue weighted by atomic mass is 32.2. The van der Waals surface area contributed by atoms with Gasteiger partial charge in [0.2, 0.25) is 0 Å². The zero-order valence-corrected chi connectivity index (χ0v) is 33.3. The molecule has 0 saturated heterocycles. The fourth-order valence-electron chi connectivity index (χ4n) is 9.51. The highest BCUT2D eigenvalue weighted by molar-refractivity contribution is 7.99. The minimum atomic E-state index is -0.535. The molecule has 1 aliphatic heterocycles. The maximum Gasteiger partial charge on any atom is 0.160 e. The molecule has 12 rings (SSSR count). The molecule has 280 valence electrons. The predicted molar refractivity (Wildman–Crippen MR) is 246 cm³/mol. The van der Waals surface area contributed by atoms with Gasteiger partial charge in [-0.05, 0) is 92.5 Å². The Morgan fingerprint density at radius 3 is 1.63 bits per heavy atom. The smallest absolute Gasteiger partial charge is 0.160 e. The number of aromatic nitrogens is 3. The summed E-state index contributed by atoms with van der Waals surface area (Å²) in [6, 6.07) is 74.4. The van der Waals surface area contributed by atoms with Crippen LogP contribution in [0.2, 0.25) is 0 Å². The summed E-state index contributed by atoms with van der Waals surface area (Å²) in [6.07, 6.45) is 1.90. The number of hydrogen-bond acceptors (Lipinski definition) is 4. The van der Waals surface area contributed by atoms with Crippen molar-refractivity contribution >= 4 is 22.7 Å². The lowest BCUT2D eigenvalue weighted by Gasteiger charge is -2.40. The zero-order chi connectivity index (χ0) is 39.6. The van der Waals surface area contributed by atoms with E-state index in [1.165, 1.54) is 48.7 Å². The van der Waals surface area contributed by atoms with Gasteiger partial charge >= 0.3 is 0 Å². The molecular weight excluding hydrogens is 747 g/mol. The monoisotopic (exact) mass is 781 g/mol. The Hall–Kier alpha value is -7.40. The van der Waals surface area contributed by atoms with E-state index in [1.807, 2.05) is 48.3 Å². The highest BCUT2D eigenvalue weighted by Gasteiger charge is 2.50. The first kappa shape index (κ1) is 34.6. The standard InChI is InChI=1S/C56H35N3S/c1-3-14-36(15-4-1)50-35-51(59-55(58-50)38-16-5-2-6-17-38)42-20-11-19-39(32-42)40-27-29-44-45-30-28-41(43-22-12-18-37-21-13-31-57-54(37)43)34-49(45)56(48(44)33-40)46-23-7-9-25-52(46)60-53-26-10-8-24-47(53)56/h1-35H. The first-order valence-corrected chi connectivity index (χ1v) is 21.2. The van der Waals surface area contributed by atoms with Crippen LogP contribution >= 0.6 is 11.8 Å². The van der Waals surface area contributed by atoms with Crippen molar-refractivity contribution in [1.29, 1.82) is 0 Å². The van der Waals surface area contributed by atoms with E-state index in [1.54, 1.807) is 0 Å². The highest BCUT2D eigenvalue weighted by Crippen LogP contribution is 2.63. The third kappa shape index (κ3) is 5.42. The van der Waals surface area contributed by atoms with Crippen LogP contribution in [0.1, 0.15) is 22.3 Å². The fourth-order valence-corrected chi connectivity index (χ4v) is 10.7. The van der Waals surface area contributed by atoms with Gasteiger partial charge in [0, 0.05) is 43.6 Å². The van der Waals surface area contributed by atoms with Gasteiger partial charge in [-0.1, -0.05) is 176 Å². The molecule has 3 nitrogen and oxygen atoms in total. The topological polar surface area (TPSA) is 38.7 Å². The van der Waals surface area contributed by atoms with Crippen LogP contribution in [0.25, 0.3) is 78.2 Å². The number of nitrogens with zero attached hydrogens (tertiary/aromatic N) is 3. The van der Waals surface area contributed by atoms with Crippen LogP contribution in [0.3, 0.4) is 0 Å². The normalized spacial score (nSPS) is 13.1. The van der Waals surface area contributed by atoms with Crippen molar-refractivity contribution in [2.45, 2.75) is 15.2 Å². The van der Waals surface area contributed by atoms with Gasteiger partial charge in [0.05, 0.1) is 22.3 Å². The molecule has 1 spiro atoms. The van der Waals surface area contributed by atoms with E-state index in [9.17, 15) is 0 Å². The average Bonchev–Trinajstić information content (AvgIpc) is 3.61. The Balaban J connectivity index is 1.06. The first-order chi connectivity index (χ1) is 29.7. The van der Waals surface area contributed by atoms with Crippen molar-refractivity contribution in [2.75, 3.05) is 0 Å². The molecule has 3 heterocycles. The Bertz CT molecular complexity index is 3190. The lowest BCUT2D eigenvalue weighted by molar-refractivity contribution is 0.723. The Morgan fingerprint density at radius 1 is 0.350 bits per heavy atom. The summed E-state index contributed by atoms with van der Waals surface area (Å²) in [5.74, 6) is 0.709. The van der Waals surface area contributed by atoms with E-state index in [0.717, 1.165) is 55.7 Å². The molecule has 0 radical (unpaired) electrons. The van der Waals surface area contributed by atoms with Gasteiger partial charge < -0.3 is 0 Å². The van der Waals surface area contributed by atoms with E-state index >= 15 is 0 Å². The molecule has 0 bridgehead atoms. The molecule has 4 heteroatoms. The zero-order valence-electron chi connectivity index (χ0n) is 32.5. The molecule has 0 saturated carbocycles. The third-order valence-electron chi connectivity index (χ3n) is 12.2. The van der Waals surface area contributed by atoms with E-state index < -0.39 is 5.41 Å². The van der Waals surface area contributed by atoms with Gasteiger partial charge in [0.15, 0.2) is 5.82 Å². The van der Waals surface area contributed by atoms with Crippen LogP contribution in [0.4, 0.5) is 0 Å². The molecule has 2 aromatic heterocycles. The van der Waals surface area contributed by atoms with Crippen LogP contribution in [0.15, 0.2) is 222 Å². The predicted octanol–water partition coefficient (Wildman–Crippen LogP) is 14.2. The van der Waals surface area contributed by atoms with Crippen LogP contribution in [0.5, 0.6) is 0 Å². The van der Waals surface area contributed by atoms with Gasteiger partial charge in [-0.2, -0.15) is 0 Å². The van der Waals surface area contributed by atoms with E-state index in [-0.39, 0.29) is 0 Å². The number of pyridine rings is 1. The number of para-hydroxylation sites is 1. The minimum absolute atomic E-state index is 0.535. The van der Waals surface area contributed by atoms with Crippen LogP contribution in [0, 0.1) is 0 Å². The number of fused-ring (bicyclic) bond motifs is 10. The molecular formula is C56H35N3S. The van der Waals surface area contributed by atoms with Crippen molar-refractivity contribution in [3.63, 3.8) is 0 Å². The van der Waals surface area contributed by atoms with Crippen molar-refractivity contribution < 1.29 is 0 Å². The van der Waals surface area contributed by atoms with Gasteiger partial charge in [-0.3, -0.25) is 4.98 Å². The molecule has 0 unspecified atom stereocenters. The molecule has 2 aliphatic rings. The summed E-state index contributed by atoms with van der Waals surface area (Å²) in [4.78, 5) is 17.7. The van der Waals surface area contributed by atoms with E-state index in [0.29, 0.717) is 5.82 Å². The second-order valence-corrected chi connectivity index (χ2v) is 16.6. The lowest BCUT2D eigenvalue weighted by atomic mass is 9.67. The second kappa shape index (κ2) is 13.9. The molecule has 0 fully saturated rings. The quantitative estimate of drug-likeness (QED) is 0.174. The van der Waals surface area contributed by atoms with Crippen LogP contribution in [-0.4, -0.2) is 15.0 Å². The van der Waals surface area contributed by atoms with Gasteiger partial charge in [-0.15, -0.1) is 0 Å².